The van der Waals surface area contributed by atoms with Crippen LogP contribution in [0.4, 0.5) is 5.82 Å². The minimum absolute atomic E-state index is 0.0913. The number of esters is 1. The summed E-state index contributed by atoms with van der Waals surface area (Å²) < 4.78 is 6.97. The summed E-state index contributed by atoms with van der Waals surface area (Å²) in [4.78, 5) is 49.7. The van der Waals surface area contributed by atoms with Crippen molar-refractivity contribution in [3.8, 4) is 0 Å². The molecule has 0 unspecified atom stereocenters. The van der Waals surface area contributed by atoms with Crippen LogP contribution in [0.5, 0.6) is 0 Å². The molecule has 0 saturated heterocycles. The first-order valence-electron chi connectivity index (χ1n) is 8.25. The first kappa shape index (κ1) is 21.0. The summed E-state index contributed by atoms with van der Waals surface area (Å²) in [5.41, 5.74) is 4.16. The molecule has 0 saturated carbocycles. The number of carbonyl (C=O) groups is 2. The second-order valence-corrected chi connectivity index (χ2v) is 7.73. The van der Waals surface area contributed by atoms with Crippen molar-refractivity contribution in [1.82, 2.24) is 9.13 Å². The minimum Gasteiger partial charge on any atom is -0.457 e. The van der Waals surface area contributed by atoms with E-state index in [1.54, 1.807) is 11.3 Å². The molecule has 10 heteroatoms. The SMILES string of the molecule is CCCn1c(N)c(C(=O)COC(=O)CSCc2cccs2)c(=O)n(C)c1=O. The highest BCUT2D eigenvalue weighted by Crippen LogP contribution is 2.17. The molecule has 0 aromatic carbocycles. The number of carbonyl (C=O) groups excluding carboxylic acids is 2. The Hall–Kier alpha value is -2.33. The van der Waals surface area contributed by atoms with Crippen molar-refractivity contribution >= 4 is 40.7 Å². The van der Waals surface area contributed by atoms with Crippen molar-refractivity contribution < 1.29 is 14.3 Å². The fourth-order valence-electron chi connectivity index (χ4n) is 2.37. The van der Waals surface area contributed by atoms with E-state index in [0.29, 0.717) is 12.2 Å². The molecule has 146 valence electrons. The predicted molar refractivity (Wildman–Crippen MR) is 106 cm³/mol. The lowest BCUT2D eigenvalue weighted by atomic mass is 10.2. The molecule has 0 aliphatic rings. The smallest absolute Gasteiger partial charge is 0.332 e. The third kappa shape index (κ3) is 5.10. The maximum atomic E-state index is 12.4. The van der Waals surface area contributed by atoms with Crippen LogP contribution in [0.25, 0.3) is 0 Å². The Morgan fingerprint density at radius 2 is 2.07 bits per heavy atom. The number of anilines is 1. The maximum Gasteiger partial charge on any atom is 0.332 e. The summed E-state index contributed by atoms with van der Waals surface area (Å²) in [6.07, 6.45) is 0.604. The zero-order chi connectivity index (χ0) is 20.0. The van der Waals surface area contributed by atoms with E-state index in [1.807, 2.05) is 24.4 Å². The van der Waals surface area contributed by atoms with E-state index in [0.717, 1.165) is 9.44 Å². The normalized spacial score (nSPS) is 10.7. The molecular weight excluding hydrogens is 390 g/mol. The Morgan fingerprint density at radius 1 is 1.33 bits per heavy atom. The summed E-state index contributed by atoms with van der Waals surface area (Å²) in [6, 6.07) is 3.90. The van der Waals surface area contributed by atoms with Crippen LogP contribution >= 0.6 is 23.1 Å². The summed E-state index contributed by atoms with van der Waals surface area (Å²) >= 11 is 2.97. The van der Waals surface area contributed by atoms with Gasteiger partial charge in [-0.05, 0) is 17.9 Å². The maximum absolute atomic E-state index is 12.4. The van der Waals surface area contributed by atoms with Gasteiger partial charge in [-0.25, -0.2) is 4.79 Å². The third-order valence-electron chi connectivity index (χ3n) is 3.72. The summed E-state index contributed by atoms with van der Waals surface area (Å²) in [7, 11) is 1.28. The highest BCUT2D eigenvalue weighted by molar-refractivity contribution is 7.99. The number of aromatic nitrogens is 2. The van der Waals surface area contributed by atoms with E-state index >= 15 is 0 Å². The molecule has 27 heavy (non-hydrogen) atoms. The topological polar surface area (TPSA) is 113 Å². The number of thiophene rings is 1. The standard InChI is InChI=1S/C17H21N3O5S2/c1-3-6-20-15(18)14(16(23)19(2)17(20)24)12(21)8-25-13(22)10-26-9-11-5-4-7-27-11/h4-5,7H,3,6,8-10,18H2,1-2H3. The molecule has 2 N–H and O–H groups in total. The molecule has 0 atom stereocenters. The van der Waals surface area contributed by atoms with Crippen LogP contribution in [0.2, 0.25) is 0 Å². The van der Waals surface area contributed by atoms with Crippen molar-refractivity contribution in [2.75, 3.05) is 18.1 Å². The molecule has 2 heterocycles. The summed E-state index contributed by atoms with van der Waals surface area (Å²) in [5, 5.41) is 1.95. The van der Waals surface area contributed by atoms with Gasteiger partial charge >= 0.3 is 11.7 Å². The number of nitrogens with zero attached hydrogens (tertiary/aromatic N) is 2. The quantitative estimate of drug-likeness (QED) is 0.488. The Balaban J connectivity index is 2.02. The Morgan fingerprint density at radius 3 is 2.70 bits per heavy atom. The van der Waals surface area contributed by atoms with Crippen LogP contribution in [-0.4, -0.2) is 33.2 Å². The molecule has 2 aromatic rings. The van der Waals surface area contributed by atoms with Crippen molar-refractivity contribution in [2.24, 2.45) is 7.05 Å². The van der Waals surface area contributed by atoms with Gasteiger partial charge < -0.3 is 10.5 Å². The number of hydrogen-bond acceptors (Lipinski definition) is 8. The number of Topliss-reactive ketones (excluding diaryl/α,β-unsaturated/α-hetero) is 1. The Kier molecular flexibility index (Phi) is 7.43. The van der Waals surface area contributed by atoms with E-state index in [4.69, 9.17) is 10.5 Å². The number of ether oxygens (including phenoxy) is 1. The van der Waals surface area contributed by atoms with Gasteiger partial charge in [-0.3, -0.25) is 23.5 Å². The van der Waals surface area contributed by atoms with Crippen molar-refractivity contribution in [1.29, 1.82) is 0 Å². The molecule has 0 aliphatic heterocycles. The van der Waals surface area contributed by atoms with Crippen LogP contribution in [0.1, 0.15) is 28.6 Å². The van der Waals surface area contributed by atoms with Crippen molar-refractivity contribution in [3.05, 3.63) is 48.8 Å². The monoisotopic (exact) mass is 411 g/mol. The predicted octanol–water partition coefficient (Wildman–Crippen LogP) is 1.26. The van der Waals surface area contributed by atoms with E-state index in [9.17, 15) is 19.2 Å². The van der Waals surface area contributed by atoms with Crippen molar-refractivity contribution in [3.63, 3.8) is 0 Å². The molecule has 0 fully saturated rings. The third-order valence-corrected chi connectivity index (χ3v) is 5.73. The van der Waals surface area contributed by atoms with Gasteiger partial charge in [-0.1, -0.05) is 13.0 Å². The fourth-order valence-corrected chi connectivity index (χ4v) is 4.04. The second-order valence-electron chi connectivity index (χ2n) is 5.71. The van der Waals surface area contributed by atoms with E-state index in [2.05, 4.69) is 0 Å². The summed E-state index contributed by atoms with van der Waals surface area (Å²) in [6.45, 7) is 1.52. The first-order valence-corrected chi connectivity index (χ1v) is 10.3. The van der Waals surface area contributed by atoms with E-state index in [1.165, 1.54) is 23.4 Å². The van der Waals surface area contributed by atoms with Gasteiger partial charge in [-0.15, -0.1) is 23.1 Å². The van der Waals surface area contributed by atoms with Crippen LogP contribution in [0.3, 0.4) is 0 Å². The molecule has 0 amide bonds. The largest absolute Gasteiger partial charge is 0.457 e. The Bertz CT molecular complexity index is 931. The average molecular weight is 412 g/mol. The second kappa shape index (κ2) is 9.56. The number of nitrogens with two attached hydrogens (primary N) is 1. The molecular formula is C17H21N3O5S2. The van der Waals surface area contributed by atoms with Gasteiger partial charge in [0.05, 0.1) is 5.75 Å². The molecule has 2 aromatic heterocycles. The Labute approximate surface area is 163 Å². The molecule has 8 nitrogen and oxygen atoms in total. The number of thioether (sulfide) groups is 1. The molecule has 2 rings (SSSR count). The zero-order valence-electron chi connectivity index (χ0n) is 15.1. The highest BCUT2D eigenvalue weighted by atomic mass is 32.2. The van der Waals surface area contributed by atoms with Crippen LogP contribution in [-0.2, 0) is 28.9 Å². The zero-order valence-corrected chi connectivity index (χ0v) is 16.7. The molecule has 0 bridgehead atoms. The fraction of sp³-hybridized carbons (Fsp3) is 0.412. The van der Waals surface area contributed by atoms with E-state index in [-0.39, 0.29) is 23.7 Å². The first-order chi connectivity index (χ1) is 12.9. The van der Waals surface area contributed by atoms with Gasteiger partial charge in [0.1, 0.15) is 11.4 Å². The number of rotatable bonds is 9. The van der Waals surface area contributed by atoms with E-state index < -0.39 is 29.6 Å². The van der Waals surface area contributed by atoms with Gasteiger partial charge in [0.25, 0.3) is 5.56 Å². The highest BCUT2D eigenvalue weighted by Gasteiger charge is 2.22. The van der Waals surface area contributed by atoms with Crippen molar-refractivity contribution in [2.45, 2.75) is 25.6 Å². The lowest BCUT2D eigenvalue weighted by molar-refractivity contribution is -0.139. The number of hydrogen-bond donors (Lipinski definition) is 1. The average Bonchev–Trinajstić information content (AvgIpc) is 3.15. The number of nitrogen functional groups attached to an aromatic ring is 1. The lowest BCUT2D eigenvalue weighted by Gasteiger charge is -2.13. The molecule has 0 spiro atoms. The van der Waals surface area contributed by atoms with Gasteiger partial charge in [0.2, 0.25) is 5.78 Å². The summed E-state index contributed by atoms with van der Waals surface area (Å²) in [5.74, 6) is -0.709. The molecule has 0 radical (unpaired) electrons. The van der Waals surface area contributed by atoms with Crippen LogP contribution < -0.4 is 17.0 Å². The van der Waals surface area contributed by atoms with Gasteiger partial charge in [0, 0.05) is 24.2 Å². The van der Waals surface area contributed by atoms with Crippen LogP contribution in [0.15, 0.2) is 27.1 Å². The molecule has 0 aliphatic carbocycles. The number of ketones is 1. The van der Waals surface area contributed by atoms with Crippen LogP contribution in [0, 0.1) is 0 Å². The lowest BCUT2D eigenvalue weighted by Crippen LogP contribution is -2.43. The minimum atomic E-state index is -0.794. The van der Waals surface area contributed by atoms with Gasteiger partial charge in [-0.2, -0.15) is 0 Å². The van der Waals surface area contributed by atoms with Gasteiger partial charge in [0.15, 0.2) is 6.61 Å².